The van der Waals surface area contributed by atoms with Gasteiger partial charge in [-0.05, 0) is 100 Å². The molecule has 9 heteroatoms. The second-order valence-electron chi connectivity index (χ2n) is 12.7. The molecule has 1 amide bonds. The van der Waals surface area contributed by atoms with E-state index in [4.69, 9.17) is 20.6 Å². The number of ether oxygens (including phenoxy) is 1. The molecule has 1 saturated carbocycles. The molecule has 3 aliphatic rings. The van der Waals surface area contributed by atoms with Crippen LogP contribution in [0.2, 0.25) is 0 Å². The van der Waals surface area contributed by atoms with Crippen molar-refractivity contribution in [2.75, 3.05) is 30.8 Å². The summed E-state index contributed by atoms with van der Waals surface area (Å²) in [5.41, 5.74) is 14.7. The normalized spacial score (nSPS) is 17.4. The fourth-order valence-electron chi connectivity index (χ4n) is 6.88. The zero-order valence-electron chi connectivity index (χ0n) is 25.3. The molecule has 3 aromatic heterocycles. The maximum absolute atomic E-state index is 14.2. The Balaban J connectivity index is 1.17. The van der Waals surface area contributed by atoms with Crippen LogP contribution >= 0.6 is 0 Å². The number of hydrogen-bond donors (Lipinski definition) is 1. The van der Waals surface area contributed by atoms with Gasteiger partial charge in [-0.3, -0.25) is 14.5 Å². The number of benzene rings is 2. The van der Waals surface area contributed by atoms with Crippen LogP contribution in [0.15, 0.2) is 54.7 Å². The van der Waals surface area contributed by atoms with E-state index in [2.05, 4.69) is 52.8 Å². The summed E-state index contributed by atoms with van der Waals surface area (Å²) in [6.45, 7) is 5.70. The highest BCUT2D eigenvalue weighted by Crippen LogP contribution is 2.39. The zero-order chi connectivity index (χ0) is 29.9. The predicted molar refractivity (Wildman–Crippen MR) is 172 cm³/mol. The molecule has 2 aromatic carbocycles. The van der Waals surface area contributed by atoms with Crippen molar-refractivity contribution in [2.45, 2.75) is 64.3 Å². The molecule has 0 atom stereocenters. The Hall–Kier alpha value is -4.34. The summed E-state index contributed by atoms with van der Waals surface area (Å²) in [6, 6.07) is 16.7. The minimum atomic E-state index is -0.0967. The van der Waals surface area contributed by atoms with Crippen molar-refractivity contribution in [3.05, 3.63) is 88.4 Å². The lowest BCUT2D eigenvalue weighted by atomic mass is 10.0. The molecule has 0 spiro atoms. The standard InChI is InChI=1S/C35H37N7O2/c1-21-27-9-7-26(16-33(27)39-42(21)25-11-13-40(2)14-12-25)41(35(43)24-6-10-31(37-17-24)23-4-5-23)18-22-3-8-28-29-19-44-20-30(29)34(36)38-32(28)15-22/h3,6-10,15-17,23,25H,4-5,11-14,18-20H2,1-2H3,(H2,36,38). The molecule has 44 heavy (non-hydrogen) atoms. The highest BCUT2D eigenvalue weighted by molar-refractivity contribution is 6.06. The number of nitrogens with two attached hydrogens (primary N) is 1. The van der Waals surface area contributed by atoms with E-state index < -0.39 is 0 Å². The van der Waals surface area contributed by atoms with Gasteiger partial charge >= 0.3 is 0 Å². The van der Waals surface area contributed by atoms with Gasteiger partial charge in [0.1, 0.15) is 5.82 Å². The molecule has 5 aromatic rings. The summed E-state index contributed by atoms with van der Waals surface area (Å²) >= 11 is 0. The summed E-state index contributed by atoms with van der Waals surface area (Å²) in [4.78, 5) is 27.8. The Morgan fingerprint density at radius 1 is 0.977 bits per heavy atom. The SMILES string of the molecule is Cc1c2ccc(N(Cc3ccc4c5c(c(N)nc4c3)COC5)C(=O)c3ccc(C4CC4)nc3)cc2nn1C1CCN(C)CC1. The third-order valence-corrected chi connectivity index (χ3v) is 9.69. The molecule has 224 valence electrons. The molecule has 2 fully saturated rings. The summed E-state index contributed by atoms with van der Waals surface area (Å²) < 4.78 is 7.87. The minimum absolute atomic E-state index is 0.0967. The molecular formula is C35H37N7O2. The van der Waals surface area contributed by atoms with Gasteiger partial charge in [-0.2, -0.15) is 5.10 Å². The number of carbonyl (C=O) groups is 1. The van der Waals surface area contributed by atoms with Gasteiger partial charge in [-0.1, -0.05) is 12.1 Å². The van der Waals surface area contributed by atoms with Gasteiger partial charge < -0.3 is 20.3 Å². The van der Waals surface area contributed by atoms with Gasteiger partial charge in [0.25, 0.3) is 5.91 Å². The smallest absolute Gasteiger partial charge is 0.260 e. The highest BCUT2D eigenvalue weighted by Gasteiger charge is 2.27. The molecule has 2 N–H and O–H groups in total. The number of fused-ring (bicyclic) bond motifs is 4. The number of amides is 1. The van der Waals surface area contributed by atoms with E-state index in [1.807, 2.05) is 29.2 Å². The van der Waals surface area contributed by atoms with Gasteiger partial charge in [0.2, 0.25) is 0 Å². The van der Waals surface area contributed by atoms with E-state index in [1.54, 1.807) is 6.20 Å². The average molecular weight is 588 g/mol. The van der Waals surface area contributed by atoms with Crippen LogP contribution in [0.1, 0.15) is 76.1 Å². The van der Waals surface area contributed by atoms with Crippen molar-refractivity contribution in [2.24, 2.45) is 0 Å². The van der Waals surface area contributed by atoms with Crippen molar-refractivity contribution in [1.29, 1.82) is 0 Å². The van der Waals surface area contributed by atoms with Gasteiger partial charge in [0.05, 0.1) is 42.4 Å². The average Bonchev–Trinajstić information content (AvgIpc) is 3.68. The Morgan fingerprint density at radius 3 is 2.55 bits per heavy atom. The number of pyridine rings is 2. The van der Waals surface area contributed by atoms with Crippen molar-refractivity contribution in [1.82, 2.24) is 24.6 Å². The van der Waals surface area contributed by atoms with Crippen LogP contribution in [0.25, 0.3) is 21.8 Å². The fourth-order valence-corrected chi connectivity index (χ4v) is 6.88. The lowest BCUT2D eigenvalue weighted by Crippen LogP contribution is -2.32. The van der Waals surface area contributed by atoms with Crippen LogP contribution in [0, 0.1) is 6.92 Å². The monoisotopic (exact) mass is 587 g/mol. The van der Waals surface area contributed by atoms with Gasteiger partial charge in [-0.25, -0.2) is 4.98 Å². The first-order valence-electron chi connectivity index (χ1n) is 15.7. The lowest BCUT2D eigenvalue weighted by molar-refractivity contribution is 0.0984. The molecule has 0 unspecified atom stereocenters. The van der Waals surface area contributed by atoms with E-state index in [-0.39, 0.29) is 5.91 Å². The Labute approximate surface area is 256 Å². The maximum Gasteiger partial charge on any atom is 0.260 e. The van der Waals surface area contributed by atoms with Crippen molar-refractivity contribution >= 4 is 39.2 Å². The van der Waals surface area contributed by atoms with Crippen LogP contribution in [0.3, 0.4) is 0 Å². The topological polar surface area (TPSA) is 102 Å². The molecule has 0 radical (unpaired) electrons. The largest absolute Gasteiger partial charge is 0.383 e. The minimum Gasteiger partial charge on any atom is -0.383 e. The number of aromatic nitrogens is 4. The first kappa shape index (κ1) is 27.2. The number of hydrogen-bond acceptors (Lipinski definition) is 7. The van der Waals surface area contributed by atoms with Gasteiger partial charge in [0.15, 0.2) is 0 Å². The quantitative estimate of drug-likeness (QED) is 0.264. The second-order valence-corrected chi connectivity index (χ2v) is 12.7. The third kappa shape index (κ3) is 4.80. The van der Waals surface area contributed by atoms with Crippen LogP contribution in [-0.2, 0) is 24.5 Å². The first-order chi connectivity index (χ1) is 21.4. The maximum atomic E-state index is 14.2. The number of carbonyl (C=O) groups excluding carboxylic acids is 1. The number of rotatable bonds is 6. The molecular weight excluding hydrogens is 550 g/mol. The second kappa shape index (κ2) is 10.7. The van der Waals surface area contributed by atoms with Crippen LogP contribution in [0.5, 0.6) is 0 Å². The molecule has 2 aliphatic heterocycles. The highest BCUT2D eigenvalue weighted by atomic mass is 16.5. The van der Waals surface area contributed by atoms with E-state index >= 15 is 0 Å². The Morgan fingerprint density at radius 2 is 1.77 bits per heavy atom. The Bertz CT molecular complexity index is 1900. The van der Waals surface area contributed by atoms with Gasteiger partial charge in [0, 0.05) is 45.5 Å². The van der Waals surface area contributed by atoms with E-state index in [9.17, 15) is 4.79 Å². The van der Waals surface area contributed by atoms with Crippen LogP contribution in [-0.4, -0.2) is 50.7 Å². The van der Waals surface area contributed by atoms with E-state index in [0.29, 0.717) is 43.1 Å². The molecule has 0 bridgehead atoms. The van der Waals surface area contributed by atoms with Crippen molar-refractivity contribution < 1.29 is 9.53 Å². The summed E-state index contributed by atoms with van der Waals surface area (Å²) in [7, 11) is 2.18. The molecule has 8 rings (SSSR count). The molecule has 1 aliphatic carbocycles. The van der Waals surface area contributed by atoms with Crippen LogP contribution < -0.4 is 10.6 Å². The zero-order valence-corrected chi connectivity index (χ0v) is 25.3. The van der Waals surface area contributed by atoms with Crippen LogP contribution in [0.4, 0.5) is 11.5 Å². The number of likely N-dealkylation sites (tertiary alicyclic amines) is 1. The summed E-state index contributed by atoms with van der Waals surface area (Å²) in [6.07, 6.45) is 6.25. The van der Waals surface area contributed by atoms with Crippen molar-refractivity contribution in [3.63, 3.8) is 0 Å². The molecule has 9 nitrogen and oxygen atoms in total. The predicted octanol–water partition coefficient (Wildman–Crippen LogP) is 5.89. The van der Waals surface area contributed by atoms with Crippen molar-refractivity contribution in [3.8, 4) is 0 Å². The molecule has 1 saturated heterocycles. The molecule has 5 heterocycles. The van der Waals surface area contributed by atoms with Gasteiger partial charge in [-0.15, -0.1) is 0 Å². The number of nitrogen functional groups attached to an aromatic ring is 1. The summed E-state index contributed by atoms with van der Waals surface area (Å²) in [5.74, 6) is 0.948. The summed E-state index contributed by atoms with van der Waals surface area (Å²) in [5, 5.41) is 7.25. The first-order valence-corrected chi connectivity index (χ1v) is 15.7. The number of nitrogens with zero attached hydrogens (tertiary/aromatic N) is 6. The third-order valence-electron chi connectivity index (χ3n) is 9.69. The van der Waals surface area contributed by atoms with E-state index in [1.165, 1.54) is 18.5 Å². The fraction of sp³-hybridized carbons (Fsp3) is 0.371. The lowest BCUT2D eigenvalue weighted by Gasteiger charge is -2.29. The number of piperidine rings is 1. The Kier molecular flexibility index (Phi) is 6.61. The number of anilines is 2. The number of aryl methyl sites for hydroxylation is 1. The van der Waals surface area contributed by atoms with E-state index in [0.717, 1.165) is 75.8 Å².